The van der Waals surface area contributed by atoms with Gasteiger partial charge in [-0.1, -0.05) is 37.3 Å². The van der Waals surface area contributed by atoms with E-state index in [0.717, 1.165) is 5.56 Å². The lowest BCUT2D eigenvalue weighted by Gasteiger charge is -2.21. The Balaban J connectivity index is 1.47. The van der Waals surface area contributed by atoms with Crippen LogP contribution < -0.4 is 29.0 Å². The second kappa shape index (κ2) is 13.4. The van der Waals surface area contributed by atoms with Crippen LogP contribution in [0.15, 0.2) is 54.6 Å². The van der Waals surface area contributed by atoms with E-state index in [1.807, 2.05) is 26.8 Å². The summed E-state index contributed by atoms with van der Waals surface area (Å²) in [6.07, 6.45) is 0. The molecular weight excluding hydrogens is 618 g/mol. The number of hydrogen-bond acceptors (Lipinski definition) is 11. The molecule has 0 bridgehead atoms. The number of nitrogens with one attached hydrogen (secondary N) is 1. The summed E-state index contributed by atoms with van der Waals surface area (Å²) < 4.78 is 30.5. The van der Waals surface area contributed by atoms with E-state index in [1.54, 1.807) is 76.6 Å². The van der Waals surface area contributed by atoms with Gasteiger partial charge in [-0.05, 0) is 61.2 Å². The first-order valence-corrected chi connectivity index (χ1v) is 14.9. The molecule has 0 saturated heterocycles. The number of carbonyl (C=O) groups excluding carboxylic acids is 2. The largest absolute Gasteiger partial charge is 0.497 e. The third-order valence-corrected chi connectivity index (χ3v) is 7.72. The van der Waals surface area contributed by atoms with Crippen LogP contribution in [0.2, 0.25) is 0 Å². The molecule has 1 amide bonds. The molecule has 3 aromatic carbocycles. The molecule has 0 unspecified atom stereocenters. The number of anilines is 1. The standard InChI is InChI=1S/C34H37N7O7/c1-19-30(36-38-40(19)25-17-22(44-6)11-14-28(25)46-8)32(42)35-24-16-21(34(3,4)5)10-13-27(24)48-33(43)31-20(2)41(39-37-31)26-18-23(45-7)12-15-29(26)47-9/h10-18H,1-9H3,(H,35,42). The lowest BCUT2D eigenvalue weighted by atomic mass is 9.87. The number of esters is 1. The molecule has 14 heteroatoms. The fraction of sp³-hybridized carbons (Fsp3) is 0.294. The van der Waals surface area contributed by atoms with Crippen molar-refractivity contribution in [2.45, 2.75) is 40.0 Å². The average Bonchev–Trinajstić information content (AvgIpc) is 3.66. The molecule has 1 N–H and O–H groups in total. The zero-order valence-corrected chi connectivity index (χ0v) is 28.2. The van der Waals surface area contributed by atoms with Crippen LogP contribution in [0.25, 0.3) is 11.4 Å². The van der Waals surface area contributed by atoms with Crippen molar-refractivity contribution in [3.05, 3.63) is 82.9 Å². The van der Waals surface area contributed by atoms with E-state index < -0.39 is 11.9 Å². The number of ether oxygens (including phenoxy) is 5. The molecule has 2 heterocycles. The van der Waals surface area contributed by atoms with Crippen molar-refractivity contribution in [2.24, 2.45) is 0 Å². The highest BCUT2D eigenvalue weighted by atomic mass is 16.5. The molecule has 0 spiro atoms. The Bertz CT molecular complexity index is 1990. The molecule has 0 aliphatic heterocycles. The summed E-state index contributed by atoms with van der Waals surface area (Å²) in [4.78, 5) is 27.2. The topological polar surface area (TPSA) is 154 Å². The number of aromatic nitrogens is 6. The third kappa shape index (κ3) is 6.49. The van der Waals surface area contributed by atoms with Crippen LogP contribution in [0.5, 0.6) is 28.7 Å². The monoisotopic (exact) mass is 655 g/mol. The number of methoxy groups -OCH3 is 4. The van der Waals surface area contributed by atoms with E-state index in [-0.39, 0.29) is 28.2 Å². The molecule has 5 aromatic rings. The SMILES string of the molecule is COc1ccc(OC)c(-n2nnc(C(=O)Nc3cc(C(C)(C)C)ccc3OC(=O)c3nnn(-c4cc(OC)ccc4OC)c3C)c2C)c1. The summed E-state index contributed by atoms with van der Waals surface area (Å²) in [6.45, 7) is 9.50. The molecule has 5 rings (SSSR count). The van der Waals surface area contributed by atoms with E-state index in [0.29, 0.717) is 45.8 Å². The van der Waals surface area contributed by atoms with Gasteiger partial charge in [-0.2, -0.15) is 0 Å². The minimum absolute atomic E-state index is 0.0249. The zero-order chi connectivity index (χ0) is 34.7. The van der Waals surface area contributed by atoms with Crippen LogP contribution in [0, 0.1) is 13.8 Å². The number of amides is 1. The molecule has 0 aliphatic rings. The highest BCUT2D eigenvalue weighted by molar-refractivity contribution is 6.05. The average molecular weight is 656 g/mol. The summed E-state index contributed by atoms with van der Waals surface area (Å²) in [5.41, 5.74) is 2.83. The summed E-state index contributed by atoms with van der Waals surface area (Å²) in [6, 6.07) is 15.6. The number of hydrogen-bond donors (Lipinski definition) is 1. The van der Waals surface area contributed by atoms with Crippen LogP contribution in [0.1, 0.15) is 58.7 Å². The number of benzene rings is 3. The molecule has 0 atom stereocenters. The molecule has 14 nitrogen and oxygen atoms in total. The van der Waals surface area contributed by atoms with Crippen molar-refractivity contribution in [2.75, 3.05) is 33.8 Å². The summed E-state index contributed by atoms with van der Waals surface area (Å²) in [7, 11) is 6.16. The van der Waals surface area contributed by atoms with Crippen molar-refractivity contribution < 1.29 is 33.3 Å². The van der Waals surface area contributed by atoms with Crippen LogP contribution >= 0.6 is 0 Å². The van der Waals surface area contributed by atoms with E-state index in [9.17, 15) is 9.59 Å². The minimum Gasteiger partial charge on any atom is -0.497 e. The lowest BCUT2D eigenvalue weighted by molar-refractivity contribution is 0.0727. The molecular formula is C34H37N7O7. The van der Waals surface area contributed by atoms with Crippen LogP contribution in [0.4, 0.5) is 5.69 Å². The van der Waals surface area contributed by atoms with Gasteiger partial charge in [0.2, 0.25) is 0 Å². The second-order valence-corrected chi connectivity index (χ2v) is 11.8. The first kappa shape index (κ1) is 33.4. The fourth-order valence-corrected chi connectivity index (χ4v) is 4.95. The van der Waals surface area contributed by atoms with Gasteiger partial charge in [-0.25, -0.2) is 14.2 Å². The molecule has 48 heavy (non-hydrogen) atoms. The molecule has 0 fully saturated rings. The Labute approximate surface area is 277 Å². The molecule has 0 aliphatic carbocycles. The normalized spacial score (nSPS) is 11.2. The summed E-state index contributed by atoms with van der Waals surface area (Å²) in [5, 5.41) is 19.5. The fourth-order valence-electron chi connectivity index (χ4n) is 4.95. The molecule has 2 aromatic heterocycles. The quantitative estimate of drug-likeness (QED) is 0.155. The van der Waals surface area contributed by atoms with Gasteiger partial charge in [-0.15, -0.1) is 10.2 Å². The number of rotatable bonds is 10. The molecule has 0 radical (unpaired) electrons. The molecule has 0 saturated carbocycles. The van der Waals surface area contributed by atoms with E-state index in [1.165, 1.54) is 23.6 Å². The molecule has 250 valence electrons. The zero-order valence-electron chi connectivity index (χ0n) is 28.2. The van der Waals surface area contributed by atoms with E-state index in [2.05, 4.69) is 25.9 Å². The van der Waals surface area contributed by atoms with Gasteiger partial charge in [0.25, 0.3) is 5.91 Å². The van der Waals surface area contributed by atoms with E-state index >= 15 is 0 Å². The van der Waals surface area contributed by atoms with Crippen LogP contribution in [0.3, 0.4) is 0 Å². The maximum atomic E-state index is 13.7. The van der Waals surface area contributed by atoms with Crippen molar-refractivity contribution in [3.63, 3.8) is 0 Å². The first-order chi connectivity index (χ1) is 22.9. The smallest absolute Gasteiger partial charge is 0.366 e. The summed E-state index contributed by atoms with van der Waals surface area (Å²) in [5.74, 6) is 0.942. The van der Waals surface area contributed by atoms with Gasteiger partial charge in [0.15, 0.2) is 17.1 Å². The van der Waals surface area contributed by atoms with Gasteiger partial charge in [0.05, 0.1) is 45.5 Å². The predicted octanol–water partition coefficient (Wildman–Crippen LogP) is 5.27. The van der Waals surface area contributed by atoms with Gasteiger partial charge in [-0.3, -0.25) is 4.79 Å². The van der Waals surface area contributed by atoms with Gasteiger partial charge >= 0.3 is 5.97 Å². The number of carbonyl (C=O) groups is 2. The van der Waals surface area contributed by atoms with E-state index in [4.69, 9.17) is 23.7 Å². The maximum absolute atomic E-state index is 13.7. The Morgan fingerprint density at radius 3 is 1.67 bits per heavy atom. The van der Waals surface area contributed by atoms with Gasteiger partial charge in [0, 0.05) is 12.1 Å². The Hall–Kier alpha value is -5.92. The highest BCUT2D eigenvalue weighted by Gasteiger charge is 2.26. The summed E-state index contributed by atoms with van der Waals surface area (Å²) >= 11 is 0. The Morgan fingerprint density at radius 2 is 1.17 bits per heavy atom. The van der Waals surface area contributed by atoms with Crippen molar-refractivity contribution >= 4 is 17.6 Å². The Morgan fingerprint density at radius 1 is 0.667 bits per heavy atom. The van der Waals surface area contributed by atoms with Crippen LogP contribution in [-0.2, 0) is 5.41 Å². The highest BCUT2D eigenvalue weighted by Crippen LogP contribution is 2.34. The Kier molecular flexibility index (Phi) is 9.36. The maximum Gasteiger partial charge on any atom is 0.366 e. The first-order valence-electron chi connectivity index (χ1n) is 14.9. The minimum atomic E-state index is -0.771. The third-order valence-electron chi connectivity index (χ3n) is 7.72. The lowest BCUT2D eigenvalue weighted by Crippen LogP contribution is -2.19. The van der Waals surface area contributed by atoms with Crippen molar-refractivity contribution in [1.82, 2.24) is 30.0 Å². The van der Waals surface area contributed by atoms with Crippen LogP contribution in [-0.4, -0.2) is 70.3 Å². The number of nitrogens with zero attached hydrogens (tertiary/aromatic N) is 6. The van der Waals surface area contributed by atoms with Gasteiger partial charge in [0.1, 0.15) is 34.4 Å². The predicted molar refractivity (Wildman–Crippen MR) is 176 cm³/mol. The van der Waals surface area contributed by atoms with Crippen molar-refractivity contribution in [3.8, 4) is 40.1 Å². The van der Waals surface area contributed by atoms with Crippen molar-refractivity contribution in [1.29, 1.82) is 0 Å². The second-order valence-electron chi connectivity index (χ2n) is 11.8. The van der Waals surface area contributed by atoms with Gasteiger partial charge < -0.3 is 29.0 Å².